The highest BCUT2D eigenvalue weighted by Crippen LogP contribution is 2.18. The lowest BCUT2D eigenvalue weighted by Crippen LogP contribution is -2.02. The average molecular weight is 223 g/mol. The number of benzene rings is 1. The Morgan fingerprint density at radius 1 is 1.47 bits per heavy atom. The van der Waals surface area contributed by atoms with E-state index in [2.05, 4.69) is 11.3 Å². The molecule has 0 heterocycles. The summed E-state index contributed by atoms with van der Waals surface area (Å²) in [6.45, 7) is 3.54. The molecule has 0 atom stereocenters. The zero-order valence-corrected chi connectivity index (χ0v) is 9.12. The first-order valence-electron chi connectivity index (χ1n) is 4.36. The summed E-state index contributed by atoms with van der Waals surface area (Å²) in [5.41, 5.74) is 1.14. The van der Waals surface area contributed by atoms with Crippen molar-refractivity contribution in [3.63, 3.8) is 0 Å². The summed E-state index contributed by atoms with van der Waals surface area (Å²) in [5, 5.41) is 0.584. The van der Waals surface area contributed by atoms with E-state index in [1.54, 1.807) is 12.1 Å². The Balaban J connectivity index is 3.09. The molecule has 0 amide bonds. The van der Waals surface area contributed by atoms with E-state index in [-0.39, 0.29) is 0 Å². The first-order valence-corrected chi connectivity index (χ1v) is 4.74. The van der Waals surface area contributed by atoms with E-state index in [0.29, 0.717) is 10.6 Å². The van der Waals surface area contributed by atoms with Crippen LogP contribution in [0.4, 0.5) is 0 Å². The number of carbonyl (C=O) groups is 1. The summed E-state index contributed by atoms with van der Waals surface area (Å²) in [7, 11) is 1.33. The second-order valence-electron chi connectivity index (χ2n) is 2.82. The number of ether oxygens (including phenoxy) is 1. The van der Waals surface area contributed by atoms with Gasteiger partial charge in [-0.2, -0.15) is 0 Å². The first kappa shape index (κ1) is 11.5. The Labute approximate surface area is 93.8 Å². The quantitative estimate of drug-likeness (QED) is 0.446. The van der Waals surface area contributed by atoms with Gasteiger partial charge in [-0.05, 0) is 17.7 Å². The maximum Gasteiger partial charge on any atom is 0.337 e. The highest BCUT2D eigenvalue weighted by atomic mass is 35.5. The van der Waals surface area contributed by atoms with E-state index < -0.39 is 5.97 Å². The van der Waals surface area contributed by atoms with Crippen molar-refractivity contribution in [3.8, 4) is 0 Å². The van der Waals surface area contributed by atoms with Gasteiger partial charge in [-0.15, -0.1) is 0 Å². The third kappa shape index (κ3) is 2.96. The largest absolute Gasteiger partial charge is 0.465 e. The summed E-state index contributed by atoms with van der Waals surface area (Å²) in [5.74, 6) is -0.426. The predicted octanol–water partition coefficient (Wildman–Crippen LogP) is 3.08. The van der Waals surface area contributed by atoms with Gasteiger partial charge in [0.25, 0.3) is 0 Å². The van der Waals surface area contributed by atoms with Gasteiger partial charge < -0.3 is 4.74 Å². The fourth-order valence-corrected chi connectivity index (χ4v) is 1.27. The molecule has 78 valence electrons. The van der Waals surface area contributed by atoms with E-state index in [4.69, 9.17) is 11.6 Å². The number of esters is 1. The lowest BCUT2D eigenvalue weighted by atomic mass is 10.1. The van der Waals surface area contributed by atoms with E-state index in [9.17, 15) is 4.79 Å². The zero-order valence-electron chi connectivity index (χ0n) is 8.37. The van der Waals surface area contributed by atoms with Crippen molar-refractivity contribution in [1.29, 1.82) is 0 Å². The number of halogens is 1. The van der Waals surface area contributed by atoms with Crippen molar-refractivity contribution < 1.29 is 9.53 Å². The Morgan fingerprint density at radius 2 is 2.13 bits per heavy atom. The van der Waals surface area contributed by atoms with Crippen molar-refractivity contribution in [3.05, 3.63) is 53.1 Å². The molecule has 1 rings (SSSR count). The standard InChI is InChI=1S/C12H11ClO2/c1-3-9(12(14)15-2)8-10-6-4-5-7-11(10)13/h3-8H,1H2,2H3/b9-8+. The van der Waals surface area contributed by atoms with Crippen LogP contribution in [-0.4, -0.2) is 13.1 Å². The van der Waals surface area contributed by atoms with Crippen molar-refractivity contribution >= 4 is 23.6 Å². The second kappa shape index (κ2) is 5.37. The molecule has 0 aliphatic rings. The maximum absolute atomic E-state index is 11.3. The van der Waals surface area contributed by atoms with Crippen LogP contribution in [-0.2, 0) is 9.53 Å². The Hall–Kier alpha value is -1.54. The molecule has 0 spiro atoms. The number of methoxy groups -OCH3 is 1. The summed E-state index contributed by atoms with van der Waals surface area (Å²) in [6.07, 6.45) is 3.08. The van der Waals surface area contributed by atoms with Crippen molar-refractivity contribution in [2.24, 2.45) is 0 Å². The molecular weight excluding hydrogens is 212 g/mol. The minimum Gasteiger partial charge on any atom is -0.465 e. The molecular formula is C12H11ClO2. The third-order valence-corrected chi connectivity index (χ3v) is 2.20. The first-order chi connectivity index (χ1) is 7.19. The lowest BCUT2D eigenvalue weighted by molar-refractivity contribution is -0.135. The molecule has 2 nitrogen and oxygen atoms in total. The molecule has 1 aromatic rings. The highest BCUT2D eigenvalue weighted by molar-refractivity contribution is 6.32. The fraction of sp³-hybridized carbons (Fsp3) is 0.0833. The SMILES string of the molecule is C=C/C(=C\c1ccccc1Cl)C(=O)OC. The number of hydrogen-bond acceptors (Lipinski definition) is 2. The van der Waals surface area contributed by atoms with Crippen LogP contribution in [0.5, 0.6) is 0 Å². The molecule has 1 aromatic carbocycles. The van der Waals surface area contributed by atoms with Crippen LogP contribution in [0.3, 0.4) is 0 Å². The van der Waals surface area contributed by atoms with Crippen molar-refractivity contribution in [1.82, 2.24) is 0 Å². The topological polar surface area (TPSA) is 26.3 Å². The average Bonchev–Trinajstić information content (AvgIpc) is 2.27. The van der Waals surface area contributed by atoms with Crippen LogP contribution in [0.25, 0.3) is 6.08 Å². The van der Waals surface area contributed by atoms with Gasteiger partial charge >= 0.3 is 5.97 Å². The van der Waals surface area contributed by atoms with Gasteiger partial charge in [0.05, 0.1) is 12.7 Å². The van der Waals surface area contributed by atoms with Gasteiger partial charge in [-0.1, -0.05) is 42.5 Å². The Kier molecular flexibility index (Phi) is 4.13. The number of rotatable bonds is 3. The summed E-state index contributed by atoms with van der Waals surface area (Å²) in [4.78, 5) is 11.3. The molecule has 3 heteroatoms. The molecule has 0 aliphatic carbocycles. The normalized spacial score (nSPS) is 10.9. The second-order valence-corrected chi connectivity index (χ2v) is 3.22. The minimum atomic E-state index is -0.426. The minimum absolute atomic E-state index is 0.380. The summed E-state index contributed by atoms with van der Waals surface area (Å²) in [6, 6.07) is 7.24. The zero-order chi connectivity index (χ0) is 11.3. The van der Waals surface area contributed by atoms with E-state index >= 15 is 0 Å². The van der Waals surface area contributed by atoms with Gasteiger partial charge in [-0.3, -0.25) is 0 Å². The van der Waals surface area contributed by atoms with Crippen molar-refractivity contribution in [2.45, 2.75) is 0 Å². The van der Waals surface area contributed by atoms with E-state index in [1.165, 1.54) is 13.2 Å². The summed E-state index contributed by atoms with van der Waals surface area (Å²) < 4.78 is 4.59. The molecule has 0 saturated heterocycles. The monoisotopic (exact) mass is 222 g/mol. The maximum atomic E-state index is 11.3. The molecule has 15 heavy (non-hydrogen) atoms. The molecule has 0 saturated carbocycles. The Bertz CT molecular complexity index is 408. The van der Waals surface area contributed by atoms with Gasteiger partial charge in [0, 0.05) is 5.02 Å². The van der Waals surface area contributed by atoms with Crippen LogP contribution < -0.4 is 0 Å². The predicted molar refractivity (Wildman–Crippen MR) is 61.6 cm³/mol. The van der Waals surface area contributed by atoms with Crippen LogP contribution in [0.2, 0.25) is 5.02 Å². The fourth-order valence-electron chi connectivity index (χ4n) is 1.08. The smallest absolute Gasteiger partial charge is 0.337 e. The van der Waals surface area contributed by atoms with Crippen LogP contribution in [0.1, 0.15) is 5.56 Å². The van der Waals surface area contributed by atoms with Gasteiger partial charge in [0.15, 0.2) is 0 Å². The van der Waals surface area contributed by atoms with Crippen LogP contribution >= 0.6 is 11.6 Å². The van der Waals surface area contributed by atoms with E-state index in [1.807, 2.05) is 18.2 Å². The molecule has 0 radical (unpaired) electrons. The van der Waals surface area contributed by atoms with Crippen LogP contribution in [0.15, 0.2) is 42.5 Å². The molecule has 0 aliphatic heterocycles. The van der Waals surface area contributed by atoms with Crippen LogP contribution in [0, 0.1) is 0 Å². The molecule has 0 bridgehead atoms. The van der Waals surface area contributed by atoms with Gasteiger partial charge in [-0.25, -0.2) is 4.79 Å². The Morgan fingerprint density at radius 3 is 2.67 bits per heavy atom. The molecule has 0 fully saturated rings. The van der Waals surface area contributed by atoms with E-state index in [0.717, 1.165) is 5.56 Å². The molecule has 0 unspecified atom stereocenters. The molecule has 0 N–H and O–H groups in total. The third-order valence-electron chi connectivity index (χ3n) is 1.86. The number of carbonyl (C=O) groups excluding carboxylic acids is 1. The number of hydrogen-bond donors (Lipinski definition) is 0. The highest BCUT2D eigenvalue weighted by Gasteiger charge is 2.06. The lowest BCUT2D eigenvalue weighted by Gasteiger charge is -2.01. The summed E-state index contributed by atoms with van der Waals surface area (Å²) >= 11 is 5.94. The molecule has 0 aromatic heterocycles. The van der Waals surface area contributed by atoms with Crippen molar-refractivity contribution in [2.75, 3.05) is 7.11 Å². The van der Waals surface area contributed by atoms with Gasteiger partial charge in [0.1, 0.15) is 0 Å². The van der Waals surface area contributed by atoms with Gasteiger partial charge in [0.2, 0.25) is 0 Å².